The molecule has 0 amide bonds. The van der Waals surface area contributed by atoms with Crippen LogP contribution in [0.25, 0.3) is 0 Å². The summed E-state index contributed by atoms with van der Waals surface area (Å²) in [5.74, 6) is -0.570. The third-order valence-electron chi connectivity index (χ3n) is 6.58. The minimum Gasteiger partial charge on any atom is -0.465 e. The van der Waals surface area contributed by atoms with Gasteiger partial charge in [0.05, 0.1) is 25.0 Å². The Bertz CT molecular complexity index is 448. The predicted molar refractivity (Wildman–Crippen MR) is 119 cm³/mol. The van der Waals surface area contributed by atoms with Crippen molar-refractivity contribution in [2.45, 2.75) is 111 Å². The number of hydrogen-bond donors (Lipinski definition) is 0. The molecule has 0 heterocycles. The summed E-state index contributed by atoms with van der Waals surface area (Å²) in [6, 6.07) is 0. The molecule has 1 saturated carbocycles. The zero-order chi connectivity index (χ0) is 21.5. The van der Waals surface area contributed by atoms with Gasteiger partial charge in [-0.15, -0.1) is 0 Å². The van der Waals surface area contributed by atoms with Crippen molar-refractivity contribution in [3.8, 4) is 0 Å². The third kappa shape index (κ3) is 10.00. The van der Waals surface area contributed by atoms with E-state index in [0.29, 0.717) is 19.1 Å². The molecule has 0 N–H and O–H groups in total. The maximum Gasteiger partial charge on any atom is 0.310 e. The van der Waals surface area contributed by atoms with E-state index in [0.717, 1.165) is 32.1 Å². The van der Waals surface area contributed by atoms with Gasteiger partial charge >= 0.3 is 11.9 Å². The standard InChI is InChI=1S/C25H46O4/c1-5-7-9-11-13-15-17-28-24(26)22-19-20(3)21(4)23(22)25(27)29-18-16-14-12-10-8-6-2/h20-23H,5-19H2,1-4H3. The number of carbonyl (C=O) groups is 2. The first kappa shape index (κ1) is 26.0. The van der Waals surface area contributed by atoms with Gasteiger partial charge in [-0.25, -0.2) is 0 Å². The molecule has 0 radical (unpaired) electrons. The molecule has 170 valence electrons. The van der Waals surface area contributed by atoms with Crippen molar-refractivity contribution in [3.63, 3.8) is 0 Å². The van der Waals surface area contributed by atoms with Crippen molar-refractivity contribution < 1.29 is 19.1 Å². The molecular formula is C25H46O4. The molecule has 0 bridgehead atoms. The Labute approximate surface area is 179 Å². The van der Waals surface area contributed by atoms with E-state index < -0.39 is 0 Å². The first-order valence-electron chi connectivity index (χ1n) is 12.4. The fourth-order valence-corrected chi connectivity index (χ4v) is 4.42. The molecule has 4 atom stereocenters. The maximum absolute atomic E-state index is 12.7. The highest BCUT2D eigenvalue weighted by Gasteiger charge is 2.47. The first-order valence-corrected chi connectivity index (χ1v) is 12.4. The highest BCUT2D eigenvalue weighted by atomic mass is 16.5. The van der Waals surface area contributed by atoms with E-state index in [9.17, 15) is 9.59 Å². The molecule has 0 aromatic heterocycles. The lowest BCUT2D eigenvalue weighted by Crippen LogP contribution is -2.32. The van der Waals surface area contributed by atoms with Crippen molar-refractivity contribution in [1.82, 2.24) is 0 Å². The number of hydrogen-bond acceptors (Lipinski definition) is 4. The smallest absolute Gasteiger partial charge is 0.310 e. The summed E-state index contributed by atoms with van der Waals surface area (Å²) < 4.78 is 11.1. The Morgan fingerprint density at radius 1 is 0.690 bits per heavy atom. The van der Waals surface area contributed by atoms with Gasteiger partial charge in [0.1, 0.15) is 0 Å². The number of ether oxygens (including phenoxy) is 2. The van der Waals surface area contributed by atoms with Crippen LogP contribution in [0, 0.1) is 23.7 Å². The molecule has 1 fully saturated rings. The Hall–Kier alpha value is -1.06. The monoisotopic (exact) mass is 410 g/mol. The fraction of sp³-hybridized carbons (Fsp3) is 0.920. The van der Waals surface area contributed by atoms with E-state index in [-0.39, 0.29) is 29.7 Å². The lowest BCUT2D eigenvalue weighted by atomic mass is 9.89. The van der Waals surface area contributed by atoms with Gasteiger partial charge in [0.25, 0.3) is 0 Å². The van der Waals surface area contributed by atoms with Gasteiger partial charge in [-0.2, -0.15) is 0 Å². The van der Waals surface area contributed by atoms with Gasteiger partial charge in [-0.3, -0.25) is 9.59 Å². The summed E-state index contributed by atoms with van der Waals surface area (Å²) >= 11 is 0. The Balaban J connectivity index is 2.34. The average Bonchev–Trinajstić information content (AvgIpc) is 3.01. The molecule has 0 aromatic carbocycles. The van der Waals surface area contributed by atoms with E-state index in [1.54, 1.807) is 0 Å². The number of rotatable bonds is 16. The summed E-state index contributed by atoms with van der Waals surface area (Å²) in [6.07, 6.45) is 14.7. The summed E-state index contributed by atoms with van der Waals surface area (Å²) in [5.41, 5.74) is 0. The summed E-state index contributed by atoms with van der Waals surface area (Å²) in [6.45, 7) is 9.56. The van der Waals surface area contributed by atoms with Crippen LogP contribution < -0.4 is 0 Å². The SMILES string of the molecule is CCCCCCCCOC(=O)C1CC(C)C(C)C1C(=O)OCCCCCCCC. The van der Waals surface area contributed by atoms with Gasteiger partial charge in [0.2, 0.25) is 0 Å². The van der Waals surface area contributed by atoms with Crippen molar-refractivity contribution >= 4 is 11.9 Å². The number of carbonyl (C=O) groups excluding carboxylic acids is 2. The van der Waals surface area contributed by atoms with Crippen LogP contribution in [-0.2, 0) is 19.1 Å². The van der Waals surface area contributed by atoms with E-state index >= 15 is 0 Å². The lowest BCUT2D eigenvalue weighted by molar-refractivity contribution is -0.160. The van der Waals surface area contributed by atoms with Crippen LogP contribution in [0.2, 0.25) is 0 Å². The molecule has 4 heteroatoms. The molecule has 1 aliphatic carbocycles. The average molecular weight is 411 g/mol. The second-order valence-corrected chi connectivity index (χ2v) is 9.07. The topological polar surface area (TPSA) is 52.6 Å². The van der Waals surface area contributed by atoms with Gasteiger partial charge in [-0.05, 0) is 31.1 Å². The van der Waals surface area contributed by atoms with Gasteiger partial charge < -0.3 is 9.47 Å². The van der Waals surface area contributed by atoms with Crippen LogP contribution in [0.3, 0.4) is 0 Å². The maximum atomic E-state index is 12.7. The molecule has 0 aromatic rings. The van der Waals surface area contributed by atoms with E-state index in [1.165, 1.54) is 51.4 Å². The third-order valence-corrected chi connectivity index (χ3v) is 6.58. The highest BCUT2D eigenvalue weighted by Crippen LogP contribution is 2.42. The van der Waals surface area contributed by atoms with Crippen LogP contribution in [0.4, 0.5) is 0 Å². The normalized spacial score (nSPS) is 23.9. The molecule has 4 unspecified atom stereocenters. The quantitative estimate of drug-likeness (QED) is 0.210. The Morgan fingerprint density at radius 2 is 1.14 bits per heavy atom. The largest absolute Gasteiger partial charge is 0.465 e. The van der Waals surface area contributed by atoms with E-state index in [1.807, 2.05) is 0 Å². The zero-order valence-corrected chi connectivity index (χ0v) is 19.5. The molecule has 29 heavy (non-hydrogen) atoms. The van der Waals surface area contributed by atoms with Crippen molar-refractivity contribution in [3.05, 3.63) is 0 Å². The molecule has 1 rings (SSSR count). The molecule has 0 aliphatic heterocycles. The summed E-state index contributed by atoms with van der Waals surface area (Å²) in [5, 5.41) is 0. The summed E-state index contributed by atoms with van der Waals surface area (Å²) in [7, 11) is 0. The van der Waals surface area contributed by atoms with Gasteiger partial charge in [0.15, 0.2) is 0 Å². The first-order chi connectivity index (χ1) is 14.0. The van der Waals surface area contributed by atoms with Crippen LogP contribution >= 0.6 is 0 Å². The van der Waals surface area contributed by atoms with Crippen LogP contribution in [-0.4, -0.2) is 25.2 Å². The minimum absolute atomic E-state index is 0.165. The van der Waals surface area contributed by atoms with Crippen LogP contribution in [0.5, 0.6) is 0 Å². The Kier molecular flexibility index (Phi) is 14.1. The van der Waals surface area contributed by atoms with Gasteiger partial charge in [-0.1, -0.05) is 91.9 Å². The molecule has 1 aliphatic rings. The molecule has 4 nitrogen and oxygen atoms in total. The van der Waals surface area contributed by atoms with Crippen LogP contribution in [0.1, 0.15) is 111 Å². The lowest BCUT2D eigenvalue weighted by Gasteiger charge is -2.21. The number of esters is 2. The van der Waals surface area contributed by atoms with E-state index in [4.69, 9.17) is 9.47 Å². The van der Waals surface area contributed by atoms with Gasteiger partial charge in [0, 0.05) is 0 Å². The predicted octanol–water partition coefficient (Wildman–Crippen LogP) is 6.70. The van der Waals surface area contributed by atoms with Crippen molar-refractivity contribution in [1.29, 1.82) is 0 Å². The van der Waals surface area contributed by atoms with Crippen molar-refractivity contribution in [2.24, 2.45) is 23.7 Å². The zero-order valence-electron chi connectivity index (χ0n) is 19.5. The van der Waals surface area contributed by atoms with Crippen molar-refractivity contribution in [2.75, 3.05) is 13.2 Å². The summed E-state index contributed by atoms with van der Waals surface area (Å²) in [4.78, 5) is 25.3. The fourth-order valence-electron chi connectivity index (χ4n) is 4.42. The van der Waals surface area contributed by atoms with E-state index in [2.05, 4.69) is 27.7 Å². The second-order valence-electron chi connectivity index (χ2n) is 9.07. The second kappa shape index (κ2) is 15.7. The highest BCUT2D eigenvalue weighted by molar-refractivity contribution is 5.83. The Morgan fingerprint density at radius 3 is 1.66 bits per heavy atom. The number of unbranched alkanes of at least 4 members (excludes halogenated alkanes) is 10. The van der Waals surface area contributed by atoms with Crippen LogP contribution in [0.15, 0.2) is 0 Å². The molecule has 0 saturated heterocycles. The molecule has 0 spiro atoms. The minimum atomic E-state index is -0.345. The molecular weight excluding hydrogens is 364 g/mol.